The Morgan fingerprint density at radius 2 is 1.96 bits per heavy atom. The number of nitrogens with zero attached hydrogens (tertiary/aromatic N) is 2. The summed E-state index contributed by atoms with van der Waals surface area (Å²) < 4.78 is 7.04. The molecule has 2 aromatic carbocycles. The Hall–Kier alpha value is -2.15. The molecule has 0 fully saturated rings. The van der Waals surface area contributed by atoms with Crippen molar-refractivity contribution in [2.45, 2.75) is 13.5 Å². The first kappa shape index (κ1) is 18.6. The highest BCUT2D eigenvalue weighted by molar-refractivity contribution is 7.16. The summed E-state index contributed by atoms with van der Waals surface area (Å²) in [5, 5.41) is 0.836. The van der Waals surface area contributed by atoms with E-state index in [0.717, 1.165) is 10.3 Å². The van der Waals surface area contributed by atoms with E-state index in [1.807, 2.05) is 19.1 Å². The lowest BCUT2D eigenvalue weighted by Crippen LogP contribution is -2.22. The fourth-order valence-electron chi connectivity index (χ4n) is 2.51. The molecule has 0 atom stereocenters. The predicted molar refractivity (Wildman–Crippen MR) is 103 cm³/mol. The Balaban J connectivity index is 2.22. The van der Waals surface area contributed by atoms with E-state index >= 15 is 0 Å². The summed E-state index contributed by atoms with van der Waals surface area (Å²) in [7, 11) is 1.30. The summed E-state index contributed by atoms with van der Waals surface area (Å²) in [6.45, 7) is 1.73. The van der Waals surface area contributed by atoms with Crippen LogP contribution < -0.4 is 4.80 Å². The van der Waals surface area contributed by atoms with Crippen molar-refractivity contribution >= 4 is 56.6 Å². The lowest BCUT2D eigenvalue weighted by molar-refractivity contribution is -0.141. The number of carbonyl (C=O) groups is 2. The largest absolute Gasteiger partial charge is 0.468 e. The van der Waals surface area contributed by atoms with Crippen LogP contribution in [0.3, 0.4) is 0 Å². The number of aromatic nitrogens is 1. The number of methoxy groups -OCH3 is 1. The minimum absolute atomic E-state index is 0.113. The van der Waals surface area contributed by atoms with Crippen molar-refractivity contribution in [2.75, 3.05) is 7.11 Å². The predicted octanol–water partition coefficient (Wildman–Crippen LogP) is 4.23. The molecule has 0 aliphatic rings. The first-order chi connectivity index (χ1) is 12.4. The van der Waals surface area contributed by atoms with Gasteiger partial charge in [0.05, 0.1) is 22.3 Å². The van der Waals surface area contributed by atoms with Crippen LogP contribution in [0, 0.1) is 6.92 Å². The lowest BCUT2D eigenvalue weighted by atomic mass is 10.1. The van der Waals surface area contributed by atoms with Gasteiger partial charge in [0.2, 0.25) is 0 Å². The fourth-order valence-corrected chi connectivity index (χ4v) is 4.32. The van der Waals surface area contributed by atoms with E-state index in [1.165, 1.54) is 18.4 Å². The van der Waals surface area contributed by atoms with Gasteiger partial charge in [-0.05, 0) is 30.7 Å². The van der Waals surface area contributed by atoms with Crippen molar-refractivity contribution in [1.29, 1.82) is 0 Å². The van der Waals surface area contributed by atoms with E-state index in [9.17, 15) is 9.59 Å². The second kappa shape index (κ2) is 7.61. The Labute approximate surface area is 163 Å². The van der Waals surface area contributed by atoms with Gasteiger partial charge in [-0.1, -0.05) is 52.7 Å². The third-order valence-corrected chi connectivity index (χ3v) is 5.31. The first-order valence-corrected chi connectivity index (χ1v) is 9.18. The van der Waals surface area contributed by atoms with E-state index in [4.69, 9.17) is 27.9 Å². The highest BCUT2D eigenvalue weighted by Crippen LogP contribution is 2.29. The van der Waals surface area contributed by atoms with Gasteiger partial charge >= 0.3 is 5.97 Å². The van der Waals surface area contributed by atoms with Crippen LogP contribution in [0.5, 0.6) is 0 Å². The molecule has 0 bridgehead atoms. The van der Waals surface area contributed by atoms with Crippen molar-refractivity contribution in [3.8, 4) is 0 Å². The van der Waals surface area contributed by atoms with Crippen LogP contribution in [0.2, 0.25) is 10.0 Å². The van der Waals surface area contributed by atoms with Crippen molar-refractivity contribution in [1.82, 2.24) is 4.57 Å². The lowest BCUT2D eigenvalue weighted by Gasteiger charge is -2.05. The summed E-state index contributed by atoms with van der Waals surface area (Å²) in [6, 6.07) is 10.5. The molecule has 8 heteroatoms. The Kier molecular flexibility index (Phi) is 5.46. The van der Waals surface area contributed by atoms with Gasteiger partial charge in [-0.25, -0.2) is 0 Å². The average Bonchev–Trinajstić information content (AvgIpc) is 2.92. The Morgan fingerprint density at radius 3 is 2.65 bits per heavy atom. The monoisotopic (exact) mass is 408 g/mol. The smallest absolute Gasteiger partial charge is 0.325 e. The van der Waals surface area contributed by atoms with Crippen LogP contribution >= 0.6 is 34.5 Å². The number of ether oxygens (including phenoxy) is 1. The molecule has 0 saturated carbocycles. The summed E-state index contributed by atoms with van der Waals surface area (Å²) in [6.07, 6.45) is 0. The van der Waals surface area contributed by atoms with E-state index in [0.29, 0.717) is 25.9 Å². The van der Waals surface area contributed by atoms with Crippen molar-refractivity contribution < 1.29 is 14.3 Å². The number of esters is 1. The molecule has 0 N–H and O–H groups in total. The van der Waals surface area contributed by atoms with Crippen LogP contribution in [-0.2, 0) is 16.1 Å². The number of benzene rings is 2. The number of rotatable bonds is 3. The Bertz CT molecular complexity index is 1090. The first-order valence-electron chi connectivity index (χ1n) is 7.60. The van der Waals surface area contributed by atoms with Gasteiger partial charge in [0.1, 0.15) is 6.54 Å². The molecule has 0 aliphatic heterocycles. The molecule has 134 valence electrons. The fraction of sp³-hybridized carbons (Fsp3) is 0.167. The normalized spacial score (nSPS) is 11.8. The molecule has 1 heterocycles. The number of halogens is 2. The molecule has 26 heavy (non-hydrogen) atoms. The molecule has 1 amide bonds. The molecular weight excluding hydrogens is 395 g/mol. The van der Waals surface area contributed by atoms with Crippen LogP contribution in [0.1, 0.15) is 15.9 Å². The molecule has 0 saturated heterocycles. The summed E-state index contributed by atoms with van der Waals surface area (Å²) >= 11 is 13.6. The summed E-state index contributed by atoms with van der Waals surface area (Å²) in [4.78, 5) is 29.0. The maximum absolute atomic E-state index is 12.6. The third kappa shape index (κ3) is 3.67. The van der Waals surface area contributed by atoms with Crippen LogP contribution in [0.4, 0.5) is 0 Å². The van der Waals surface area contributed by atoms with Gasteiger partial charge < -0.3 is 9.30 Å². The maximum atomic E-state index is 12.6. The number of fused-ring (bicyclic) bond motifs is 1. The highest BCUT2D eigenvalue weighted by atomic mass is 35.5. The van der Waals surface area contributed by atoms with Crippen LogP contribution in [-0.4, -0.2) is 23.6 Å². The van der Waals surface area contributed by atoms with E-state index in [2.05, 4.69) is 4.99 Å². The second-order valence-electron chi connectivity index (χ2n) is 5.51. The molecule has 3 rings (SSSR count). The van der Waals surface area contributed by atoms with E-state index < -0.39 is 11.9 Å². The van der Waals surface area contributed by atoms with Crippen LogP contribution in [0.25, 0.3) is 10.2 Å². The number of amides is 1. The number of hydrogen-bond donors (Lipinski definition) is 0. The number of thiazole rings is 1. The van der Waals surface area contributed by atoms with Crippen molar-refractivity contribution in [3.05, 3.63) is 62.4 Å². The van der Waals surface area contributed by atoms with Gasteiger partial charge in [-0.2, -0.15) is 4.99 Å². The zero-order valence-electron chi connectivity index (χ0n) is 14.0. The minimum Gasteiger partial charge on any atom is -0.468 e. The summed E-state index contributed by atoms with van der Waals surface area (Å²) in [5.41, 5.74) is 1.91. The molecule has 5 nitrogen and oxygen atoms in total. The SMILES string of the molecule is COC(=O)Cn1c(=NC(=O)c2ccccc2C)sc2cc(Cl)cc(Cl)c21. The maximum Gasteiger partial charge on any atom is 0.325 e. The molecule has 3 aromatic rings. The Morgan fingerprint density at radius 1 is 1.23 bits per heavy atom. The quantitative estimate of drug-likeness (QED) is 0.609. The molecular formula is C18H14Cl2N2O3S. The number of carbonyl (C=O) groups excluding carboxylic acids is 2. The molecule has 0 unspecified atom stereocenters. The molecule has 0 aliphatic carbocycles. The van der Waals surface area contributed by atoms with Crippen molar-refractivity contribution in [2.24, 2.45) is 4.99 Å². The minimum atomic E-state index is -0.472. The summed E-state index contributed by atoms with van der Waals surface area (Å²) in [5.74, 6) is -0.865. The average molecular weight is 409 g/mol. The molecule has 0 radical (unpaired) electrons. The zero-order chi connectivity index (χ0) is 18.8. The van der Waals surface area contributed by atoms with Gasteiger partial charge in [-0.3, -0.25) is 9.59 Å². The van der Waals surface area contributed by atoms with Gasteiger partial charge in [0.15, 0.2) is 4.80 Å². The van der Waals surface area contributed by atoms with Gasteiger partial charge in [-0.15, -0.1) is 0 Å². The zero-order valence-corrected chi connectivity index (χ0v) is 16.3. The van der Waals surface area contributed by atoms with E-state index in [-0.39, 0.29) is 6.54 Å². The number of hydrogen-bond acceptors (Lipinski definition) is 4. The van der Waals surface area contributed by atoms with Gasteiger partial charge in [0.25, 0.3) is 5.91 Å². The number of aryl methyl sites for hydroxylation is 1. The standard InChI is InChI=1S/C18H14Cl2N2O3S/c1-10-5-3-4-6-12(10)17(24)21-18-22(9-15(23)25-2)16-13(20)7-11(19)8-14(16)26-18/h3-8H,9H2,1-2H3. The van der Waals surface area contributed by atoms with E-state index in [1.54, 1.807) is 28.8 Å². The third-order valence-electron chi connectivity index (χ3n) is 3.78. The van der Waals surface area contributed by atoms with Gasteiger partial charge in [0, 0.05) is 10.6 Å². The van der Waals surface area contributed by atoms with Crippen LogP contribution in [0.15, 0.2) is 41.4 Å². The molecule has 1 aromatic heterocycles. The molecule has 0 spiro atoms. The highest BCUT2D eigenvalue weighted by Gasteiger charge is 2.16. The van der Waals surface area contributed by atoms with Crippen molar-refractivity contribution in [3.63, 3.8) is 0 Å². The topological polar surface area (TPSA) is 60.7 Å². The second-order valence-corrected chi connectivity index (χ2v) is 7.37.